The Kier molecular flexibility index (Phi) is 29.7. The fourth-order valence-corrected chi connectivity index (χ4v) is 3.10. The van der Waals surface area contributed by atoms with Crippen LogP contribution in [0.5, 0.6) is 0 Å². The molecule has 236 valence electrons. The summed E-state index contributed by atoms with van der Waals surface area (Å²) in [6.45, 7) is 7.50. The Morgan fingerprint density at radius 1 is 0.786 bits per heavy atom. The highest BCUT2D eigenvalue weighted by Crippen LogP contribution is 2.04. The number of allylic oxidation sites excluding steroid dienone is 1. The normalized spacial score (nSPS) is 9.74. The number of alkyl carbamates (subject to hydrolysis) is 1. The quantitative estimate of drug-likeness (QED) is 0.0439. The molecule has 42 heavy (non-hydrogen) atoms. The van der Waals surface area contributed by atoms with Crippen LogP contribution in [-0.4, -0.2) is 98.8 Å². The summed E-state index contributed by atoms with van der Waals surface area (Å²) in [6.07, 6.45) is 12.8. The highest BCUT2D eigenvalue weighted by atomic mass is 16.6. The van der Waals surface area contributed by atoms with Gasteiger partial charge in [0.05, 0.1) is 19.7 Å². The van der Waals surface area contributed by atoms with Gasteiger partial charge >= 0.3 is 24.1 Å². The van der Waals surface area contributed by atoms with E-state index < -0.39 is 24.1 Å². The standard InChI is InChI=1S/2C14H22N2O5/c1-2-13(18)21-11-7-10-16(14(19)20)9-6-4-3-5-8-15-12-17;1-2-7-13(18)20-10-11-21-14(19)16-9-6-4-3-5-8-15-12-17/h2H,1,3-11H2,(H,19,20);2,7H,3-6,8-11H2,1H3,(H,16,19)/b;7-2+. The first kappa shape index (κ1) is 39.9. The summed E-state index contributed by atoms with van der Waals surface area (Å²) in [6, 6.07) is 0. The van der Waals surface area contributed by atoms with Gasteiger partial charge in [-0.15, -0.1) is 0 Å². The largest absolute Gasteiger partial charge is 0.465 e. The highest BCUT2D eigenvalue weighted by Gasteiger charge is 2.11. The van der Waals surface area contributed by atoms with Crippen molar-refractivity contribution < 1.29 is 48.1 Å². The van der Waals surface area contributed by atoms with Crippen LogP contribution in [0.2, 0.25) is 0 Å². The van der Waals surface area contributed by atoms with E-state index >= 15 is 0 Å². The number of nitrogens with one attached hydrogen (secondary N) is 1. The zero-order chi connectivity index (χ0) is 31.7. The molecule has 0 rings (SSSR count). The van der Waals surface area contributed by atoms with E-state index in [2.05, 4.69) is 21.9 Å². The Morgan fingerprint density at radius 3 is 1.90 bits per heavy atom. The van der Waals surface area contributed by atoms with Gasteiger partial charge in [0.2, 0.25) is 12.2 Å². The van der Waals surface area contributed by atoms with Gasteiger partial charge in [-0.25, -0.2) is 38.8 Å². The lowest BCUT2D eigenvalue weighted by molar-refractivity contribution is -0.139. The van der Waals surface area contributed by atoms with Crippen molar-refractivity contribution in [3.8, 4) is 0 Å². The second kappa shape index (κ2) is 31.3. The van der Waals surface area contributed by atoms with Gasteiger partial charge in [0, 0.05) is 31.8 Å². The molecule has 0 atom stereocenters. The molecule has 0 fully saturated rings. The fraction of sp³-hybridized carbons (Fsp3) is 0.643. The Morgan fingerprint density at radius 2 is 1.33 bits per heavy atom. The van der Waals surface area contributed by atoms with Crippen LogP contribution in [0.1, 0.15) is 64.7 Å². The second-order valence-corrected chi connectivity index (χ2v) is 8.50. The van der Waals surface area contributed by atoms with Gasteiger partial charge in [-0.1, -0.05) is 38.3 Å². The molecule has 14 nitrogen and oxygen atoms in total. The van der Waals surface area contributed by atoms with Gasteiger partial charge in [0.15, 0.2) is 0 Å². The monoisotopic (exact) mass is 596 g/mol. The van der Waals surface area contributed by atoms with E-state index in [9.17, 15) is 28.8 Å². The molecule has 0 aliphatic heterocycles. The summed E-state index contributed by atoms with van der Waals surface area (Å²) in [5.74, 6) is -0.963. The first-order valence-corrected chi connectivity index (χ1v) is 13.9. The number of unbranched alkanes of at least 4 members (excludes halogenated alkanes) is 6. The minimum Gasteiger partial charge on any atom is -0.465 e. The van der Waals surface area contributed by atoms with Crippen LogP contribution in [0, 0.1) is 0 Å². The first-order chi connectivity index (χ1) is 20.3. The van der Waals surface area contributed by atoms with Gasteiger partial charge in [0.1, 0.15) is 13.2 Å². The van der Waals surface area contributed by atoms with E-state index in [-0.39, 0.29) is 19.8 Å². The highest BCUT2D eigenvalue weighted by molar-refractivity contribution is 5.81. The molecular weight excluding hydrogens is 552 g/mol. The third kappa shape index (κ3) is 30.3. The number of rotatable bonds is 23. The fourth-order valence-electron chi connectivity index (χ4n) is 3.10. The minimum atomic E-state index is -0.976. The third-order valence-corrected chi connectivity index (χ3v) is 5.16. The van der Waals surface area contributed by atoms with E-state index in [0.717, 1.165) is 57.4 Å². The maximum atomic E-state index is 11.2. The molecule has 0 spiro atoms. The van der Waals surface area contributed by atoms with Gasteiger partial charge < -0.3 is 29.5 Å². The number of carbonyl (C=O) groups is 4. The van der Waals surface area contributed by atoms with Crippen LogP contribution < -0.4 is 5.32 Å². The number of ether oxygens (including phenoxy) is 3. The number of hydrogen-bond donors (Lipinski definition) is 2. The van der Waals surface area contributed by atoms with Gasteiger partial charge in [-0.3, -0.25) is 0 Å². The molecule has 0 aromatic heterocycles. The van der Waals surface area contributed by atoms with Gasteiger partial charge in [-0.2, -0.15) is 0 Å². The molecule has 0 aromatic rings. The summed E-state index contributed by atoms with van der Waals surface area (Å²) >= 11 is 0. The molecule has 0 aliphatic rings. The number of amides is 2. The zero-order valence-corrected chi connectivity index (χ0v) is 24.4. The average Bonchev–Trinajstić information content (AvgIpc) is 2.97. The molecule has 0 saturated heterocycles. The van der Waals surface area contributed by atoms with Crippen molar-refractivity contribution in [2.75, 3.05) is 52.5 Å². The van der Waals surface area contributed by atoms with Gasteiger partial charge in [0.25, 0.3) is 0 Å². The van der Waals surface area contributed by atoms with Gasteiger partial charge in [-0.05, 0) is 39.0 Å². The molecule has 2 N–H and O–H groups in total. The predicted molar refractivity (Wildman–Crippen MR) is 153 cm³/mol. The smallest absolute Gasteiger partial charge is 0.407 e. The number of carboxylic acid groups (broad SMARTS) is 1. The molecule has 2 amide bonds. The van der Waals surface area contributed by atoms with E-state index in [1.165, 1.54) is 23.1 Å². The van der Waals surface area contributed by atoms with Crippen molar-refractivity contribution in [3.63, 3.8) is 0 Å². The van der Waals surface area contributed by atoms with Crippen LogP contribution in [0.15, 0.2) is 34.8 Å². The summed E-state index contributed by atoms with van der Waals surface area (Å²) < 4.78 is 14.4. The predicted octanol–water partition coefficient (Wildman–Crippen LogP) is 3.71. The van der Waals surface area contributed by atoms with E-state index in [0.29, 0.717) is 39.1 Å². The number of esters is 2. The number of hydrogen-bond acceptors (Lipinski definition) is 11. The lowest BCUT2D eigenvalue weighted by atomic mass is 10.2. The van der Waals surface area contributed by atoms with Crippen LogP contribution in [0.3, 0.4) is 0 Å². The molecule has 0 saturated carbocycles. The molecule has 0 heterocycles. The van der Waals surface area contributed by atoms with E-state index in [4.69, 9.17) is 19.3 Å². The molecular formula is C28H44N4O10. The maximum Gasteiger partial charge on any atom is 0.407 e. The van der Waals surface area contributed by atoms with Crippen molar-refractivity contribution in [2.45, 2.75) is 64.7 Å². The average molecular weight is 597 g/mol. The molecule has 0 bridgehead atoms. The van der Waals surface area contributed by atoms with Crippen molar-refractivity contribution in [3.05, 3.63) is 24.8 Å². The third-order valence-electron chi connectivity index (χ3n) is 5.16. The van der Waals surface area contributed by atoms with Crippen molar-refractivity contribution in [1.82, 2.24) is 10.2 Å². The van der Waals surface area contributed by atoms with Crippen LogP contribution >= 0.6 is 0 Å². The number of aliphatic imine (C=N–C) groups is 2. The summed E-state index contributed by atoms with van der Waals surface area (Å²) in [5, 5.41) is 11.6. The molecule has 14 heteroatoms. The topological polar surface area (TPSA) is 190 Å². The molecule has 0 radical (unpaired) electrons. The van der Waals surface area contributed by atoms with Crippen molar-refractivity contribution in [2.24, 2.45) is 9.98 Å². The lowest BCUT2D eigenvalue weighted by Crippen LogP contribution is -2.32. The lowest BCUT2D eigenvalue weighted by Gasteiger charge is -2.18. The first-order valence-electron chi connectivity index (χ1n) is 13.9. The Labute approximate surface area is 246 Å². The minimum absolute atomic E-state index is 0.0266. The van der Waals surface area contributed by atoms with Crippen molar-refractivity contribution >= 4 is 36.3 Å². The van der Waals surface area contributed by atoms with E-state index in [1.807, 2.05) is 0 Å². The van der Waals surface area contributed by atoms with Crippen molar-refractivity contribution in [1.29, 1.82) is 0 Å². The Balaban J connectivity index is 0. The van der Waals surface area contributed by atoms with Crippen LogP contribution in [0.4, 0.5) is 9.59 Å². The molecule has 0 aliphatic carbocycles. The summed E-state index contributed by atoms with van der Waals surface area (Å²) in [4.78, 5) is 71.9. The molecule has 0 aromatic carbocycles. The molecule has 0 unspecified atom stereocenters. The number of nitrogens with zero attached hydrogens (tertiary/aromatic N) is 3. The summed E-state index contributed by atoms with van der Waals surface area (Å²) in [7, 11) is 0. The Bertz CT molecular complexity index is 897. The van der Waals surface area contributed by atoms with Crippen LogP contribution in [-0.2, 0) is 33.4 Å². The van der Waals surface area contributed by atoms with E-state index in [1.54, 1.807) is 13.0 Å². The maximum absolute atomic E-state index is 11.2. The Hall–Kier alpha value is -4.28. The summed E-state index contributed by atoms with van der Waals surface area (Å²) in [5.41, 5.74) is 0. The van der Waals surface area contributed by atoms with Crippen LogP contribution in [0.25, 0.3) is 0 Å². The second-order valence-electron chi connectivity index (χ2n) is 8.50. The zero-order valence-electron chi connectivity index (χ0n) is 24.4. The number of isocyanates is 2. The SMILES string of the molecule is C/C=C/C(=O)OCCOC(=O)NCCCCCCN=C=O.C=CC(=O)OCCCN(CCCCCCN=C=O)C(=O)O. The number of carbonyl (C=O) groups excluding carboxylic acids is 5.